The molecule has 0 unspecified atom stereocenters. The summed E-state index contributed by atoms with van der Waals surface area (Å²) in [5.41, 5.74) is 1.59. The van der Waals surface area contributed by atoms with Gasteiger partial charge in [-0.25, -0.2) is 8.42 Å². The first kappa shape index (κ1) is 29.7. The average Bonchev–Trinajstić information content (AvgIpc) is 2.87. The van der Waals surface area contributed by atoms with Crippen LogP contribution in [0.5, 0.6) is 0 Å². The van der Waals surface area contributed by atoms with E-state index in [1.54, 1.807) is 50.2 Å². The number of halogens is 2. The van der Waals surface area contributed by atoms with Crippen molar-refractivity contribution in [3.8, 4) is 0 Å². The predicted octanol–water partition coefficient (Wildman–Crippen LogP) is 5.55. The van der Waals surface area contributed by atoms with E-state index in [1.807, 2.05) is 38.1 Å². The van der Waals surface area contributed by atoms with Crippen LogP contribution in [0.4, 0.5) is 5.69 Å². The summed E-state index contributed by atoms with van der Waals surface area (Å²) < 4.78 is 29.6. The number of nitrogens with one attached hydrogen (secondary N) is 1. The first-order valence-electron chi connectivity index (χ1n) is 12.1. The molecular formula is C28H31BrClN3O4S. The van der Waals surface area contributed by atoms with Crippen LogP contribution in [0.3, 0.4) is 0 Å². The van der Waals surface area contributed by atoms with E-state index >= 15 is 0 Å². The molecule has 3 rings (SSSR count). The molecule has 0 bridgehead atoms. The second kappa shape index (κ2) is 12.8. The van der Waals surface area contributed by atoms with Crippen LogP contribution >= 0.6 is 27.5 Å². The summed E-state index contributed by atoms with van der Waals surface area (Å²) in [4.78, 5) is 28.3. The smallest absolute Gasteiger partial charge is 0.264 e. The van der Waals surface area contributed by atoms with Crippen molar-refractivity contribution in [1.29, 1.82) is 0 Å². The van der Waals surface area contributed by atoms with Crippen LogP contribution in [0.15, 0.2) is 82.2 Å². The highest BCUT2D eigenvalue weighted by Gasteiger charge is 2.33. The molecule has 2 amide bonds. The minimum Gasteiger partial charge on any atom is -0.352 e. The molecule has 0 spiro atoms. The number of amides is 2. The first-order chi connectivity index (χ1) is 17.9. The van der Waals surface area contributed by atoms with E-state index in [0.717, 1.165) is 14.3 Å². The number of benzene rings is 3. The third-order valence-electron chi connectivity index (χ3n) is 5.96. The van der Waals surface area contributed by atoms with Crippen molar-refractivity contribution >= 4 is 55.1 Å². The van der Waals surface area contributed by atoms with Crippen LogP contribution in [-0.2, 0) is 26.2 Å². The molecule has 0 saturated heterocycles. The van der Waals surface area contributed by atoms with Gasteiger partial charge in [0.15, 0.2) is 0 Å². The monoisotopic (exact) mass is 619 g/mol. The molecule has 3 aromatic rings. The van der Waals surface area contributed by atoms with Crippen LogP contribution in [0.2, 0.25) is 5.02 Å². The summed E-state index contributed by atoms with van der Waals surface area (Å²) in [6.07, 6.45) is 0. The quantitative estimate of drug-likeness (QED) is 0.322. The van der Waals surface area contributed by atoms with E-state index in [4.69, 9.17) is 11.6 Å². The van der Waals surface area contributed by atoms with E-state index in [2.05, 4.69) is 21.2 Å². The first-order valence-corrected chi connectivity index (χ1v) is 14.7. The Kier molecular flexibility index (Phi) is 9.98. The topological polar surface area (TPSA) is 86.8 Å². The summed E-state index contributed by atoms with van der Waals surface area (Å²) in [6, 6.07) is 19.2. The summed E-state index contributed by atoms with van der Waals surface area (Å²) >= 11 is 9.78. The lowest BCUT2D eigenvalue weighted by molar-refractivity contribution is -0.139. The highest BCUT2D eigenvalue weighted by atomic mass is 79.9. The van der Waals surface area contributed by atoms with E-state index in [0.29, 0.717) is 10.6 Å². The molecule has 0 aromatic heterocycles. The van der Waals surface area contributed by atoms with Gasteiger partial charge in [-0.1, -0.05) is 63.9 Å². The standard InChI is InChI=1S/C28H31BrClN3O4S/c1-19(2)31-28(35)21(4)32(17-22-10-8-11-23(29)16-22)27(34)18-33(26-15-9-14-25(30)20(26)3)38(36,37)24-12-6-5-7-13-24/h5-16,19,21H,17-18H2,1-4H3,(H,31,35)/t21-/m0/s1. The molecule has 38 heavy (non-hydrogen) atoms. The maximum Gasteiger partial charge on any atom is 0.264 e. The van der Waals surface area contributed by atoms with Gasteiger partial charge in [0, 0.05) is 22.1 Å². The minimum absolute atomic E-state index is 0.0383. The van der Waals surface area contributed by atoms with Crippen molar-refractivity contribution in [3.05, 3.63) is 93.4 Å². The summed E-state index contributed by atoms with van der Waals surface area (Å²) in [6.45, 7) is 6.59. The second-order valence-corrected chi connectivity index (χ2v) is 12.4. The van der Waals surface area contributed by atoms with Gasteiger partial charge >= 0.3 is 0 Å². The van der Waals surface area contributed by atoms with Gasteiger partial charge in [0.1, 0.15) is 12.6 Å². The number of hydrogen-bond acceptors (Lipinski definition) is 4. The van der Waals surface area contributed by atoms with Crippen molar-refractivity contribution in [1.82, 2.24) is 10.2 Å². The van der Waals surface area contributed by atoms with Gasteiger partial charge in [-0.3, -0.25) is 13.9 Å². The zero-order chi connectivity index (χ0) is 28.0. The second-order valence-electron chi connectivity index (χ2n) is 9.20. The van der Waals surface area contributed by atoms with Crippen molar-refractivity contribution < 1.29 is 18.0 Å². The Morgan fingerprint density at radius 2 is 1.63 bits per heavy atom. The molecule has 0 heterocycles. The number of anilines is 1. The van der Waals surface area contributed by atoms with E-state index in [1.165, 1.54) is 17.0 Å². The Balaban J connectivity index is 2.07. The number of sulfonamides is 1. The highest BCUT2D eigenvalue weighted by Crippen LogP contribution is 2.31. The minimum atomic E-state index is -4.15. The van der Waals surface area contributed by atoms with Crippen LogP contribution in [-0.4, -0.2) is 43.8 Å². The van der Waals surface area contributed by atoms with Gasteiger partial charge in [0.2, 0.25) is 11.8 Å². The Labute approximate surface area is 238 Å². The molecule has 1 N–H and O–H groups in total. The zero-order valence-electron chi connectivity index (χ0n) is 21.7. The molecule has 0 aliphatic rings. The zero-order valence-corrected chi connectivity index (χ0v) is 24.8. The van der Waals surface area contributed by atoms with Crippen molar-refractivity contribution in [3.63, 3.8) is 0 Å². The van der Waals surface area contributed by atoms with Gasteiger partial charge in [0.25, 0.3) is 10.0 Å². The fourth-order valence-corrected chi connectivity index (χ4v) is 6.03. The lowest BCUT2D eigenvalue weighted by Crippen LogP contribution is -2.52. The molecule has 1 atom stereocenters. The molecule has 0 fully saturated rings. The molecule has 202 valence electrons. The SMILES string of the molecule is Cc1c(Cl)cccc1N(CC(=O)N(Cc1cccc(Br)c1)[C@@H](C)C(=O)NC(C)C)S(=O)(=O)c1ccccc1. The van der Waals surface area contributed by atoms with Crippen LogP contribution < -0.4 is 9.62 Å². The third-order valence-corrected chi connectivity index (χ3v) is 8.63. The van der Waals surface area contributed by atoms with Gasteiger partial charge in [0.05, 0.1) is 10.6 Å². The predicted molar refractivity (Wildman–Crippen MR) is 155 cm³/mol. The third kappa shape index (κ3) is 7.15. The Morgan fingerprint density at radius 1 is 0.974 bits per heavy atom. The molecule has 0 saturated carbocycles. The lowest BCUT2D eigenvalue weighted by Gasteiger charge is -2.32. The van der Waals surface area contributed by atoms with Crippen LogP contribution in [0.25, 0.3) is 0 Å². The van der Waals surface area contributed by atoms with E-state index in [-0.39, 0.29) is 29.1 Å². The number of carbonyl (C=O) groups excluding carboxylic acids is 2. The van der Waals surface area contributed by atoms with Gasteiger partial charge in [-0.15, -0.1) is 0 Å². The van der Waals surface area contributed by atoms with Gasteiger partial charge in [-0.2, -0.15) is 0 Å². The molecule has 0 radical (unpaired) electrons. The Bertz CT molecular complexity index is 1400. The molecule has 0 aliphatic heterocycles. The Hall–Kier alpha value is -2.88. The number of nitrogens with zero attached hydrogens (tertiary/aromatic N) is 2. The normalized spacial score (nSPS) is 12.2. The van der Waals surface area contributed by atoms with E-state index in [9.17, 15) is 18.0 Å². The number of hydrogen-bond donors (Lipinski definition) is 1. The van der Waals surface area contributed by atoms with Gasteiger partial charge < -0.3 is 10.2 Å². The van der Waals surface area contributed by atoms with Crippen molar-refractivity contribution in [2.75, 3.05) is 10.8 Å². The maximum absolute atomic E-state index is 13.9. The van der Waals surface area contributed by atoms with Gasteiger partial charge in [-0.05, 0) is 75.2 Å². The summed E-state index contributed by atoms with van der Waals surface area (Å²) in [5.74, 6) is -0.866. The molecule has 7 nitrogen and oxygen atoms in total. The largest absolute Gasteiger partial charge is 0.352 e. The Morgan fingerprint density at radius 3 is 2.26 bits per heavy atom. The average molecular weight is 621 g/mol. The number of carbonyl (C=O) groups is 2. The number of rotatable bonds is 10. The summed E-state index contributed by atoms with van der Waals surface area (Å²) in [7, 11) is -4.15. The highest BCUT2D eigenvalue weighted by molar-refractivity contribution is 9.10. The van der Waals surface area contributed by atoms with Crippen LogP contribution in [0.1, 0.15) is 31.9 Å². The van der Waals surface area contributed by atoms with Crippen molar-refractivity contribution in [2.24, 2.45) is 0 Å². The van der Waals surface area contributed by atoms with Crippen LogP contribution in [0, 0.1) is 6.92 Å². The molecule has 10 heteroatoms. The lowest BCUT2D eigenvalue weighted by atomic mass is 10.1. The maximum atomic E-state index is 13.9. The van der Waals surface area contributed by atoms with Crippen molar-refractivity contribution in [2.45, 2.75) is 51.2 Å². The van der Waals surface area contributed by atoms with E-state index < -0.39 is 28.5 Å². The fraction of sp³-hybridized carbons (Fsp3) is 0.286. The molecule has 3 aromatic carbocycles. The fourth-order valence-electron chi connectivity index (χ4n) is 3.92. The molecular weight excluding hydrogens is 590 g/mol. The molecule has 0 aliphatic carbocycles. The summed E-state index contributed by atoms with van der Waals surface area (Å²) in [5, 5.41) is 3.22.